The van der Waals surface area contributed by atoms with Crippen molar-refractivity contribution >= 4 is 0 Å². The van der Waals surface area contributed by atoms with Gasteiger partial charge in [-0.05, 0) is 19.3 Å². The van der Waals surface area contributed by atoms with Gasteiger partial charge in [-0.3, -0.25) is 4.90 Å². The van der Waals surface area contributed by atoms with Gasteiger partial charge < -0.3 is 11.1 Å². The Hall–Kier alpha value is -0.120. The van der Waals surface area contributed by atoms with Crippen LogP contribution in [0.4, 0.5) is 0 Å². The van der Waals surface area contributed by atoms with Crippen molar-refractivity contribution in [2.75, 3.05) is 19.6 Å². The number of nitrogens with zero attached hydrogens (tertiary/aromatic N) is 1. The molecule has 2 aliphatic rings. The van der Waals surface area contributed by atoms with Gasteiger partial charge in [-0.25, -0.2) is 0 Å². The standard InChI is InChI=1S/C11H23N3/c1-9(2)13-11(7-12)5-6-14(8-11)10-3-4-10/h9-10,13H,3-8,12H2,1-2H3. The van der Waals surface area contributed by atoms with Crippen molar-refractivity contribution in [2.24, 2.45) is 5.73 Å². The number of nitrogens with two attached hydrogens (primary N) is 1. The molecular formula is C11H23N3. The second kappa shape index (κ2) is 3.80. The highest BCUT2D eigenvalue weighted by Gasteiger charge is 2.42. The Balaban J connectivity index is 1.93. The molecule has 1 atom stereocenters. The second-order valence-corrected chi connectivity index (χ2v) is 5.24. The van der Waals surface area contributed by atoms with Crippen molar-refractivity contribution in [3.05, 3.63) is 0 Å². The van der Waals surface area contributed by atoms with Crippen LogP contribution >= 0.6 is 0 Å². The molecule has 0 bridgehead atoms. The molecule has 3 N–H and O–H groups in total. The SMILES string of the molecule is CC(C)NC1(CN)CCN(C2CC2)C1. The van der Waals surface area contributed by atoms with Gasteiger partial charge in [0.2, 0.25) is 0 Å². The summed E-state index contributed by atoms with van der Waals surface area (Å²) in [5, 5.41) is 3.65. The molecule has 0 aromatic rings. The summed E-state index contributed by atoms with van der Waals surface area (Å²) in [7, 11) is 0. The summed E-state index contributed by atoms with van der Waals surface area (Å²) in [5.74, 6) is 0. The van der Waals surface area contributed by atoms with E-state index in [9.17, 15) is 0 Å². The van der Waals surface area contributed by atoms with Gasteiger partial charge in [0.1, 0.15) is 0 Å². The van der Waals surface area contributed by atoms with E-state index in [1.807, 2.05) is 0 Å². The van der Waals surface area contributed by atoms with Crippen molar-refractivity contribution < 1.29 is 0 Å². The molecule has 1 unspecified atom stereocenters. The molecule has 2 rings (SSSR count). The molecule has 1 aliphatic carbocycles. The zero-order valence-corrected chi connectivity index (χ0v) is 9.42. The molecule has 0 radical (unpaired) electrons. The van der Waals surface area contributed by atoms with Crippen LogP contribution in [0.25, 0.3) is 0 Å². The average Bonchev–Trinajstić information content (AvgIpc) is 2.89. The zero-order valence-electron chi connectivity index (χ0n) is 9.42. The quantitative estimate of drug-likeness (QED) is 0.691. The topological polar surface area (TPSA) is 41.3 Å². The molecule has 82 valence electrons. The maximum Gasteiger partial charge on any atom is 0.0446 e. The highest BCUT2D eigenvalue weighted by molar-refractivity contribution is 5.02. The summed E-state index contributed by atoms with van der Waals surface area (Å²) in [6, 6.07) is 1.43. The fourth-order valence-electron chi connectivity index (χ4n) is 2.61. The lowest BCUT2D eigenvalue weighted by Crippen LogP contribution is -2.55. The third-order valence-corrected chi connectivity index (χ3v) is 3.43. The molecule has 2 fully saturated rings. The summed E-state index contributed by atoms with van der Waals surface area (Å²) < 4.78 is 0. The highest BCUT2D eigenvalue weighted by Crippen LogP contribution is 2.33. The third kappa shape index (κ3) is 2.10. The van der Waals surface area contributed by atoms with Crippen molar-refractivity contribution in [1.82, 2.24) is 10.2 Å². The minimum atomic E-state index is 0.205. The molecule has 3 nitrogen and oxygen atoms in total. The minimum absolute atomic E-state index is 0.205. The first-order valence-corrected chi connectivity index (χ1v) is 5.87. The van der Waals surface area contributed by atoms with E-state index in [0.717, 1.165) is 19.1 Å². The van der Waals surface area contributed by atoms with E-state index in [1.165, 1.54) is 25.8 Å². The number of rotatable bonds is 4. The van der Waals surface area contributed by atoms with E-state index in [0.29, 0.717) is 6.04 Å². The molecule has 0 spiro atoms. The van der Waals surface area contributed by atoms with Crippen LogP contribution in [0.5, 0.6) is 0 Å². The van der Waals surface area contributed by atoms with Gasteiger partial charge in [-0.2, -0.15) is 0 Å². The predicted molar refractivity (Wildman–Crippen MR) is 59.3 cm³/mol. The number of hydrogen-bond donors (Lipinski definition) is 2. The Morgan fingerprint density at radius 2 is 2.21 bits per heavy atom. The monoisotopic (exact) mass is 197 g/mol. The van der Waals surface area contributed by atoms with Gasteiger partial charge in [-0.15, -0.1) is 0 Å². The molecule has 1 aliphatic heterocycles. The molecule has 1 saturated heterocycles. The van der Waals surface area contributed by atoms with Gasteiger partial charge in [0, 0.05) is 37.3 Å². The van der Waals surface area contributed by atoms with Crippen molar-refractivity contribution in [2.45, 2.75) is 50.7 Å². The predicted octanol–water partition coefficient (Wildman–Crippen LogP) is 0.550. The van der Waals surface area contributed by atoms with E-state index in [-0.39, 0.29) is 5.54 Å². The molecule has 1 saturated carbocycles. The van der Waals surface area contributed by atoms with E-state index in [4.69, 9.17) is 5.73 Å². The summed E-state index contributed by atoms with van der Waals surface area (Å²) in [6.45, 7) is 7.58. The lowest BCUT2D eigenvalue weighted by atomic mass is 9.98. The zero-order chi connectivity index (χ0) is 10.2. The largest absolute Gasteiger partial charge is 0.329 e. The lowest BCUT2D eigenvalue weighted by molar-refractivity contribution is 0.265. The lowest BCUT2D eigenvalue weighted by Gasteiger charge is -2.31. The van der Waals surface area contributed by atoms with E-state index < -0.39 is 0 Å². The summed E-state index contributed by atoms with van der Waals surface area (Å²) in [5.41, 5.74) is 6.12. The van der Waals surface area contributed by atoms with Crippen molar-refractivity contribution in [3.8, 4) is 0 Å². The van der Waals surface area contributed by atoms with Crippen LogP contribution in [0.1, 0.15) is 33.1 Å². The smallest absolute Gasteiger partial charge is 0.0446 e. The average molecular weight is 197 g/mol. The maximum atomic E-state index is 5.91. The Morgan fingerprint density at radius 1 is 1.50 bits per heavy atom. The second-order valence-electron chi connectivity index (χ2n) is 5.24. The van der Waals surface area contributed by atoms with Crippen LogP contribution in [0.3, 0.4) is 0 Å². The summed E-state index contributed by atoms with van der Waals surface area (Å²) >= 11 is 0. The molecular weight excluding hydrogens is 174 g/mol. The van der Waals surface area contributed by atoms with Crippen LogP contribution in [0.15, 0.2) is 0 Å². The van der Waals surface area contributed by atoms with Gasteiger partial charge in [-0.1, -0.05) is 13.8 Å². The molecule has 0 aromatic carbocycles. The molecule has 14 heavy (non-hydrogen) atoms. The maximum absolute atomic E-state index is 5.91. The highest BCUT2D eigenvalue weighted by atomic mass is 15.3. The normalized spacial score (nSPS) is 34.3. The summed E-state index contributed by atoms with van der Waals surface area (Å²) in [4.78, 5) is 2.61. The Labute approximate surface area is 87.0 Å². The molecule has 3 heteroatoms. The van der Waals surface area contributed by atoms with Crippen molar-refractivity contribution in [1.29, 1.82) is 0 Å². The molecule has 0 amide bonds. The summed E-state index contributed by atoms with van der Waals surface area (Å²) in [6.07, 6.45) is 4.03. The Kier molecular flexibility index (Phi) is 2.82. The number of nitrogens with one attached hydrogen (secondary N) is 1. The van der Waals surface area contributed by atoms with Gasteiger partial charge in [0.15, 0.2) is 0 Å². The first-order valence-electron chi connectivity index (χ1n) is 5.87. The van der Waals surface area contributed by atoms with E-state index in [2.05, 4.69) is 24.1 Å². The fraction of sp³-hybridized carbons (Fsp3) is 1.00. The van der Waals surface area contributed by atoms with Gasteiger partial charge >= 0.3 is 0 Å². The number of hydrogen-bond acceptors (Lipinski definition) is 3. The number of likely N-dealkylation sites (tertiary alicyclic amines) is 1. The fourth-order valence-corrected chi connectivity index (χ4v) is 2.61. The van der Waals surface area contributed by atoms with Crippen LogP contribution in [0, 0.1) is 0 Å². The first-order chi connectivity index (χ1) is 6.65. The molecule has 0 aromatic heterocycles. The Bertz CT molecular complexity index is 201. The van der Waals surface area contributed by atoms with Crippen LogP contribution in [-0.4, -0.2) is 42.2 Å². The van der Waals surface area contributed by atoms with Crippen LogP contribution in [-0.2, 0) is 0 Å². The third-order valence-electron chi connectivity index (χ3n) is 3.43. The van der Waals surface area contributed by atoms with Crippen LogP contribution in [0.2, 0.25) is 0 Å². The Morgan fingerprint density at radius 3 is 2.71 bits per heavy atom. The van der Waals surface area contributed by atoms with Crippen molar-refractivity contribution in [3.63, 3.8) is 0 Å². The van der Waals surface area contributed by atoms with E-state index >= 15 is 0 Å². The minimum Gasteiger partial charge on any atom is -0.329 e. The van der Waals surface area contributed by atoms with Gasteiger partial charge in [0.25, 0.3) is 0 Å². The van der Waals surface area contributed by atoms with Crippen LogP contribution < -0.4 is 11.1 Å². The molecule has 1 heterocycles. The first kappa shape index (κ1) is 10.4. The van der Waals surface area contributed by atoms with Gasteiger partial charge in [0.05, 0.1) is 0 Å². The van der Waals surface area contributed by atoms with E-state index in [1.54, 1.807) is 0 Å².